The Bertz CT molecular complexity index is 494. The summed E-state index contributed by atoms with van der Waals surface area (Å²) >= 11 is 0. The molecule has 0 aromatic heterocycles. The molecule has 0 atom stereocenters. The van der Waals surface area contributed by atoms with Gasteiger partial charge in [-0.25, -0.2) is 4.79 Å². The molecule has 0 saturated carbocycles. The van der Waals surface area contributed by atoms with Gasteiger partial charge in [0.2, 0.25) is 0 Å². The minimum Gasteiger partial charge on any atom is -0.508 e. The Morgan fingerprint density at radius 2 is 1.78 bits per heavy atom. The summed E-state index contributed by atoms with van der Waals surface area (Å²) in [6.07, 6.45) is 3.82. The molecule has 0 radical (unpaired) electrons. The van der Waals surface area contributed by atoms with Crippen LogP contribution in [-0.2, 0) is 19.1 Å². The van der Waals surface area contributed by atoms with Crippen molar-refractivity contribution in [1.82, 2.24) is 0 Å². The van der Waals surface area contributed by atoms with Crippen LogP contribution in [0.2, 0.25) is 0 Å². The predicted molar refractivity (Wildman–Crippen MR) is 84.2 cm³/mol. The summed E-state index contributed by atoms with van der Waals surface area (Å²) in [7, 11) is 0. The van der Waals surface area contributed by atoms with Gasteiger partial charge >= 0.3 is 11.9 Å². The van der Waals surface area contributed by atoms with Gasteiger partial charge in [-0.05, 0) is 37.1 Å². The number of hydrogen-bond acceptors (Lipinski definition) is 6. The summed E-state index contributed by atoms with van der Waals surface area (Å²) in [5.74, 6) is -0.206. The Hall–Kier alpha value is -2.34. The molecule has 6 heteroatoms. The van der Waals surface area contributed by atoms with Gasteiger partial charge in [0.05, 0.1) is 6.61 Å². The van der Waals surface area contributed by atoms with Crippen LogP contribution in [0.25, 0.3) is 0 Å². The highest BCUT2D eigenvalue weighted by atomic mass is 16.6. The van der Waals surface area contributed by atoms with Crippen molar-refractivity contribution < 1.29 is 28.9 Å². The minimum absolute atomic E-state index is 0.129. The zero-order chi connectivity index (χ0) is 16.9. The third-order valence-corrected chi connectivity index (χ3v) is 2.88. The van der Waals surface area contributed by atoms with E-state index in [9.17, 15) is 9.59 Å². The molecule has 23 heavy (non-hydrogen) atoms. The molecule has 0 bridgehead atoms. The van der Waals surface area contributed by atoms with Crippen molar-refractivity contribution in [3.63, 3.8) is 0 Å². The van der Waals surface area contributed by atoms with E-state index in [-0.39, 0.29) is 18.3 Å². The fourth-order valence-corrected chi connectivity index (χ4v) is 1.71. The van der Waals surface area contributed by atoms with Gasteiger partial charge in [-0.2, -0.15) is 0 Å². The van der Waals surface area contributed by atoms with Gasteiger partial charge in [0.25, 0.3) is 0 Å². The van der Waals surface area contributed by atoms with Gasteiger partial charge in [0, 0.05) is 19.1 Å². The molecule has 1 rings (SSSR count). The topological polar surface area (TPSA) is 82.1 Å². The number of phenols is 1. The van der Waals surface area contributed by atoms with Gasteiger partial charge in [-0.3, -0.25) is 4.79 Å². The van der Waals surface area contributed by atoms with E-state index in [1.54, 1.807) is 12.1 Å². The lowest BCUT2D eigenvalue weighted by Gasteiger charge is -2.05. The summed E-state index contributed by atoms with van der Waals surface area (Å²) < 4.78 is 15.2. The Labute approximate surface area is 135 Å². The van der Waals surface area contributed by atoms with Crippen LogP contribution in [0.4, 0.5) is 0 Å². The average molecular weight is 322 g/mol. The molecule has 0 fully saturated rings. The monoisotopic (exact) mass is 322 g/mol. The molecule has 1 N–H and O–H groups in total. The number of ether oxygens (including phenoxy) is 3. The Morgan fingerprint density at radius 1 is 1.04 bits per heavy atom. The lowest BCUT2D eigenvalue weighted by Crippen LogP contribution is -2.09. The molecule has 0 amide bonds. The SMILES string of the molecule is C=CC(=O)OCCOCCCCCC(=O)Oc1ccc(O)cc1. The molecular weight excluding hydrogens is 300 g/mol. The molecule has 0 unspecified atom stereocenters. The fourth-order valence-electron chi connectivity index (χ4n) is 1.71. The second-order valence-corrected chi connectivity index (χ2v) is 4.76. The summed E-state index contributed by atoms with van der Waals surface area (Å²) in [6.45, 7) is 4.41. The van der Waals surface area contributed by atoms with Crippen molar-refractivity contribution in [2.45, 2.75) is 25.7 Å². The van der Waals surface area contributed by atoms with Crippen LogP contribution in [0.5, 0.6) is 11.5 Å². The second kappa shape index (κ2) is 11.3. The number of rotatable bonds is 11. The summed E-state index contributed by atoms with van der Waals surface area (Å²) in [5.41, 5.74) is 0. The zero-order valence-electron chi connectivity index (χ0n) is 13.0. The standard InChI is InChI=1S/C17H22O6/c1-2-16(19)22-13-12-21-11-5-3-4-6-17(20)23-15-9-7-14(18)8-10-15/h2,7-10,18H,1,3-6,11-13H2. The minimum atomic E-state index is -0.458. The number of carbonyl (C=O) groups excluding carboxylic acids is 2. The van der Waals surface area contributed by atoms with Gasteiger partial charge in [-0.1, -0.05) is 13.0 Å². The summed E-state index contributed by atoms with van der Waals surface area (Å²) in [5, 5.41) is 9.13. The highest BCUT2D eigenvalue weighted by molar-refractivity contribution is 5.81. The number of benzene rings is 1. The third kappa shape index (κ3) is 9.31. The predicted octanol–water partition coefficient (Wildman–Crippen LogP) is 2.60. The van der Waals surface area contributed by atoms with Gasteiger partial charge in [0.15, 0.2) is 0 Å². The lowest BCUT2D eigenvalue weighted by molar-refractivity contribution is -0.139. The average Bonchev–Trinajstić information content (AvgIpc) is 2.55. The third-order valence-electron chi connectivity index (χ3n) is 2.88. The van der Waals surface area contributed by atoms with Crippen molar-refractivity contribution in [1.29, 1.82) is 0 Å². The van der Waals surface area contributed by atoms with E-state index in [1.165, 1.54) is 12.1 Å². The van der Waals surface area contributed by atoms with Crippen molar-refractivity contribution in [2.24, 2.45) is 0 Å². The molecular formula is C17H22O6. The molecule has 126 valence electrons. The molecule has 1 aromatic rings. The summed E-state index contributed by atoms with van der Waals surface area (Å²) in [4.78, 5) is 22.3. The maximum absolute atomic E-state index is 11.6. The number of aromatic hydroxyl groups is 1. The van der Waals surface area contributed by atoms with E-state index in [1.807, 2.05) is 0 Å². The van der Waals surface area contributed by atoms with Crippen LogP contribution in [0.3, 0.4) is 0 Å². The number of esters is 2. The molecule has 0 heterocycles. The highest BCUT2D eigenvalue weighted by Gasteiger charge is 2.04. The van der Waals surface area contributed by atoms with E-state index in [0.717, 1.165) is 18.9 Å². The van der Waals surface area contributed by atoms with Crippen molar-refractivity contribution in [3.05, 3.63) is 36.9 Å². The zero-order valence-corrected chi connectivity index (χ0v) is 13.0. The molecule has 6 nitrogen and oxygen atoms in total. The Kier molecular flexibility index (Phi) is 9.16. The lowest BCUT2D eigenvalue weighted by atomic mass is 10.2. The van der Waals surface area contributed by atoms with Crippen LogP contribution < -0.4 is 4.74 Å². The van der Waals surface area contributed by atoms with E-state index in [2.05, 4.69) is 6.58 Å². The van der Waals surface area contributed by atoms with Crippen LogP contribution >= 0.6 is 0 Å². The quantitative estimate of drug-likeness (QED) is 0.292. The van der Waals surface area contributed by atoms with Crippen LogP contribution in [0.15, 0.2) is 36.9 Å². The smallest absolute Gasteiger partial charge is 0.330 e. The van der Waals surface area contributed by atoms with Crippen molar-refractivity contribution in [3.8, 4) is 11.5 Å². The van der Waals surface area contributed by atoms with E-state index in [4.69, 9.17) is 19.3 Å². The van der Waals surface area contributed by atoms with Crippen LogP contribution in [0.1, 0.15) is 25.7 Å². The maximum Gasteiger partial charge on any atom is 0.330 e. The van der Waals surface area contributed by atoms with Crippen LogP contribution in [-0.4, -0.2) is 36.9 Å². The number of phenolic OH excluding ortho intramolecular Hbond substituents is 1. The first-order valence-corrected chi connectivity index (χ1v) is 7.48. The fraction of sp³-hybridized carbons (Fsp3) is 0.412. The number of hydrogen-bond donors (Lipinski definition) is 1. The molecule has 0 spiro atoms. The normalized spacial score (nSPS) is 10.1. The van der Waals surface area contributed by atoms with E-state index >= 15 is 0 Å². The largest absolute Gasteiger partial charge is 0.508 e. The van der Waals surface area contributed by atoms with E-state index in [0.29, 0.717) is 31.8 Å². The van der Waals surface area contributed by atoms with Crippen molar-refractivity contribution >= 4 is 11.9 Å². The molecule has 0 aliphatic carbocycles. The van der Waals surface area contributed by atoms with Crippen LogP contribution in [0, 0.1) is 0 Å². The molecule has 0 aliphatic rings. The Balaban J connectivity index is 1.96. The Morgan fingerprint density at radius 3 is 2.48 bits per heavy atom. The van der Waals surface area contributed by atoms with Gasteiger partial charge in [-0.15, -0.1) is 0 Å². The first-order chi connectivity index (χ1) is 11.1. The molecule has 0 saturated heterocycles. The maximum atomic E-state index is 11.6. The van der Waals surface area contributed by atoms with Gasteiger partial charge in [0.1, 0.15) is 18.1 Å². The van der Waals surface area contributed by atoms with Gasteiger partial charge < -0.3 is 19.3 Å². The number of carbonyl (C=O) groups is 2. The highest BCUT2D eigenvalue weighted by Crippen LogP contribution is 2.16. The van der Waals surface area contributed by atoms with Crippen molar-refractivity contribution in [2.75, 3.05) is 19.8 Å². The first kappa shape index (κ1) is 18.7. The van der Waals surface area contributed by atoms with E-state index < -0.39 is 5.97 Å². The second-order valence-electron chi connectivity index (χ2n) is 4.76. The first-order valence-electron chi connectivity index (χ1n) is 7.48. The number of unbranched alkanes of at least 4 members (excludes halogenated alkanes) is 2. The molecule has 0 aliphatic heterocycles. The molecule has 1 aromatic carbocycles. The summed E-state index contributed by atoms with van der Waals surface area (Å²) in [6, 6.07) is 6.01.